The summed E-state index contributed by atoms with van der Waals surface area (Å²) in [5.74, 6) is 1.54. The average Bonchev–Trinajstić information content (AvgIpc) is 2.73. The van der Waals surface area contributed by atoms with Crippen LogP contribution in [-0.2, 0) is 10.0 Å². The van der Waals surface area contributed by atoms with E-state index in [1.54, 1.807) is 26.1 Å². The molecule has 9 nitrogen and oxygen atoms in total. The van der Waals surface area contributed by atoms with Crippen LogP contribution in [0.3, 0.4) is 0 Å². The lowest BCUT2D eigenvalue weighted by molar-refractivity contribution is 0.321. The Hall–Kier alpha value is -3.31. The van der Waals surface area contributed by atoms with Gasteiger partial charge < -0.3 is 15.4 Å². The number of pyridine rings is 1. The molecule has 0 atom stereocenters. The van der Waals surface area contributed by atoms with E-state index >= 15 is 0 Å². The molecule has 0 fully saturated rings. The monoisotopic (exact) mass is 446 g/mol. The van der Waals surface area contributed by atoms with Gasteiger partial charge in [-0.3, -0.25) is 0 Å². The van der Waals surface area contributed by atoms with Crippen molar-refractivity contribution in [1.29, 1.82) is 0 Å². The Bertz CT molecular complexity index is 1130. The predicted molar refractivity (Wildman–Crippen MR) is 116 cm³/mol. The second-order valence-electron chi connectivity index (χ2n) is 6.38. The van der Waals surface area contributed by atoms with Crippen LogP contribution in [0.15, 0.2) is 53.6 Å². The summed E-state index contributed by atoms with van der Waals surface area (Å²) in [7, 11) is -3.86. The van der Waals surface area contributed by atoms with Gasteiger partial charge in [0.25, 0.3) is 0 Å². The standard InChI is InChI=1S/C20H23FN6O3S/c1-3-30-17-8-7-15(12-16(17)21)31(28,29)24-11-10-23-19-13-20(26-14(2)25-19)27-18-6-4-5-9-22-18/h4-9,12-13,24H,3,10-11H2,1-2H3,(H2,22,23,25,26,27). The molecule has 3 aromatic rings. The van der Waals surface area contributed by atoms with Crippen molar-refractivity contribution in [2.24, 2.45) is 0 Å². The minimum Gasteiger partial charge on any atom is -0.491 e. The van der Waals surface area contributed by atoms with Crippen LogP contribution in [0.2, 0.25) is 0 Å². The number of hydrogen-bond donors (Lipinski definition) is 3. The number of sulfonamides is 1. The first-order valence-corrected chi connectivity index (χ1v) is 11.1. The number of ether oxygens (including phenoxy) is 1. The molecule has 11 heteroatoms. The summed E-state index contributed by atoms with van der Waals surface area (Å²) in [6.45, 7) is 4.09. The minimum absolute atomic E-state index is 0.0114. The van der Waals surface area contributed by atoms with E-state index < -0.39 is 15.8 Å². The van der Waals surface area contributed by atoms with E-state index in [4.69, 9.17) is 4.74 Å². The Kier molecular flexibility index (Phi) is 7.32. The lowest BCUT2D eigenvalue weighted by atomic mass is 10.3. The predicted octanol–water partition coefficient (Wildman–Crippen LogP) is 2.85. The van der Waals surface area contributed by atoms with Crippen molar-refractivity contribution in [3.8, 4) is 5.75 Å². The molecule has 2 heterocycles. The largest absolute Gasteiger partial charge is 0.491 e. The number of nitrogens with one attached hydrogen (secondary N) is 3. The fraction of sp³-hybridized carbons (Fsp3) is 0.250. The van der Waals surface area contributed by atoms with E-state index in [-0.39, 0.29) is 30.3 Å². The van der Waals surface area contributed by atoms with Crippen LogP contribution < -0.4 is 20.1 Å². The normalized spacial score (nSPS) is 11.2. The smallest absolute Gasteiger partial charge is 0.240 e. The lowest BCUT2D eigenvalue weighted by Crippen LogP contribution is -2.29. The van der Waals surface area contributed by atoms with Gasteiger partial charge in [-0.2, -0.15) is 0 Å². The zero-order valence-electron chi connectivity index (χ0n) is 17.1. The molecular formula is C20H23FN6O3S. The maximum Gasteiger partial charge on any atom is 0.240 e. The van der Waals surface area contributed by atoms with Crippen LogP contribution in [0.1, 0.15) is 12.7 Å². The number of aryl methyl sites for hydroxylation is 1. The van der Waals surface area contributed by atoms with Crippen molar-refractivity contribution in [1.82, 2.24) is 19.7 Å². The first kappa shape index (κ1) is 22.4. The molecule has 2 aromatic heterocycles. The van der Waals surface area contributed by atoms with E-state index in [0.717, 1.165) is 6.07 Å². The van der Waals surface area contributed by atoms with Crippen LogP contribution in [-0.4, -0.2) is 43.1 Å². The molecule has 164 valence electrons. The fourth-order valence-corrected chi connectivity index (χ4v) is 3.71. The number of halogens is 1. The van der Waals surface area contributed by atoms with E-state index in [9.17, 15) is 12.8 Å². The highest BCUT2D eigenvalue weighted by Gasteiger charge is 2.16. The molecule has 0 saturated heterocycles. The summed E-state index contributed by atoms with van der Waals surface area (Å²) in [6.07, 6.45) is 1.66. The van der Waals surface area contributed by atoms with Gasteiger partial charge in [0.2, 0.25) is 10.0 Å². The van der Waals surface area contributed by atoms with Crippen LogP contribution in [0, 0.1) is 12.7 Å². The second-order valence-corrected chi connectivity index (χ2v) is 8.14. The number of aromatic nitrogens is 3. The van der Waals surface area contributed by atoms with Crippen molar-refractivity contribution in [2.45, 2.75) is 18.7 Å². The van der Waals surface area contributed by atoms with Crippen LogP contribution >= 0.6 is 0 Å². The highest BCUT2D eigenvalue weighted by molar-refractivity contribution is 7.89. The molecule has 0 aliphatic carbocycles. The van der Waals surface area contributed by atoms with Crippen molar-refractivity contribution in [3.05, 3.63) is 60.3 Å². The molecule has 31 heavy (non-hydrogen) atoms. The maximum atomic E-state index is 14.0. The Balaban J connectivity index is 1.57. The molecule has 0 unspecified atom stereocenters. The van der Waals surface area contributed by atoms with Gasteiger partial charge in [-0.15, -0.1) is 0 Å². The molecule has 3 N–H and O–H groups in total. The first-order chi connectivity index (χ1) is 14.9. The van der Waals surface area contributed by atoms with Gasteiger partial charge in [0, 0.05) is 25.4 Å². The topological polar surface area (TPSA) is 118 Å². The van der Waals surface area contributed by atoms with Gasteiger partial charge in [-0.25, -0.2) is 32.5 Å². The summed E-state index contributed by atoms with van der Waals surface area (Å²) < 4.78 is 46.2. The third kappa shape index (κ3) is 6.33. The molecule has 0 saturated carbocycles. The van der Waals surface area contributed by atoms with E-state index in [0.29, 0.717) is 23.3 Å². The number of benzene rings is 1. The number of hydrogen-bond acceptors (Lipinski definition) is 8. The minimum atomic E-state index is -3.86. The molecule has 0 amide bonds. The number of rotatable bonds is 10. The van der Waals surface area contributed by atoms with Gasteiger partial charge in [-0.1, -0.05) is 6.07 Å². The maximum absolute atomic E-state index is 14.0. The number of nitrogens with zero attached hydrogens (tertiary/aromatic N) is 3. The summed E-state index contributed by atoms with van der Waals surface area (Å²) in [5, 5.41) is 6.12. The zero-order chi connectivity index (χ0) is 22.3. The Morgan fingerprint density at radius 3 is 2.55 bits per heavy atom. The van der Waals surface area contributed by atoms with Crippen LogP contribution in [0.4, 0.5) is 21.8 Å². The zero-order valence-corrected chi connectivity index (χ0v) is 17.9. The van der Waals surface area contributed by atoms with Gasteiger partial charge in [0.1, 0.15) is 23.3 Å². The Morgan fingerprint density at radius 2 is 1.84 bits per heavy atom. The van der Waals surface area contributed by atoms with Crippen LogP contribution in [0.25, 0.3) is 0 Å². The Morgan fingerprint density at radius 1 is 1.03 bits per heavy atom. The van der Waals surface area contributed by atoms with Crippen LogP contribution in [0.5, 0.6) is 5.75 Å². The first-order valence-electron chi connectivity index (χ1n) is 9.57. The van der Waals surface area contributed by atoms with Crippen molar-refractivity contribution in [3.63, 3.8) is 0 Å². The van der Waals surface area contributed by atoms with E-state index in [2.05, 4.69) is 30.3 Å². The molecular weight excluding hydrogens is 423 g/mol. The quantitative estimate of drug-likeness (QED) is 0.407. The van der Waals surface area contributed by atoms with E-state index in [1.807, 2.05) is 18.2 Å². The Labute approximate surface area is 180 Å². The van der Waals surface area contributed by atoms with Gasteiger partial charge in [-0.05, 0) is 44.2 Å². The molecule has 0 radical (unpaired) electrons. The highest BCUT2D eigenvalue weighted by Crippen LogP contribution is 2.21. The molecule has 3 rings (SSSR count). The van der Waals surface area contributed by atoms with E-state index in [1.165, 1.54) is 12.1 Å². The van der Waals surface area contributed by atoms with Crippen molar-refractivity contribution in [2.75, 3.05) is 30.3 Å². The average molecular weight is 447 g/mol. The molecule has 0 aliphatic rings. The summed E-state index contributed by atoms with van der Waals surface area (Å²) in [6, 6.07) is 10.7. The van der Waals surface area contributed by atoms with Crippen molar-refractivity contribution < 1.29 is 17.5 Å². The fourth-order valence-electron chi connectivity index (χ4n) is 2.67. The van der Waals surface area contributed by atoms with Gasteiger partial charge in [0.05, 0.1) is 11.5 Å². The summed E-state index contributed by atoms with van der Waals surface area (Å²) in [4.78, 5) is 12.6. The third-order valence-electron chi connectivity index (χ3n) is 4.00. The molecule has 0 bridgehead atoms. The third-order valence-corrected chi connectivity index (χ3v) is 5.45. The summed E-state index contributed by atoms with van der Waals surface area (Å²) in [5.41, 5.74) is 0. The lowest BCUT2D eigenvalue weighted by Gasteiger charge is -2.11. The van der Waals surface area contributed by atoms with Gasteiger partial charge in [0.15, 0.2) is 11.6 Å². The van der Waals surface area contributed by atoms with Gasteiger partial charge >= 0.3 is 0 Å². The van der Waals surface area contributed by atoms with Crippen molar-refractivity contribution >= 4 is 27.5 Å². The SMILES string of the molecule is CCOc1ccc(S(=O)(=O)NCCNc2cc(Nc3ccccn3)nc(C)n2)cc1F. The molecule has 1 aromatic carbocycles. The number of anilines is 3. The highest BCUT2D eigenvalue weighted by atomic mass is 32.2. The molecule has 0 spiro atoms. The summed E-state index contributed by atoms with van der Waals surface area (Å²) >= 11 is 0. The molecule has 0 aliphatic heterocycles. The second kappa shape index (κ2) is 10.1.